The lowest BCUT2D eigenvalue weighted by molar-refractivity contribution is 0.0205. The highest BCUT2D eigenvalue weighted by Crippen LogP contribution is 2.22. The standard InChI is InChI=1S/C21H34ClN3O3/c1-3-23-21(24-10-4-12-28-16-17-8-13-27-14-9-17)25-11-7-18-5-6-19(26-2)15-20(18)22/h5-6,15,17H,3-4,7-14,16H2,1-2H3,(H2,23,24,25). The highest BCUT2D eigenvalue weighted by Gasteiger charge is 2.13. The lowest BCUT2D eigenvalue weighted by Crippen LogP contribution is -2.38. The summed E-state index contributed by atoms with van der Waals surface area (Å²) >= 11 is 6.30. The molecule has 1 aliphatic heterocycles. The van der Waals surface area contributed by atoms with Crippen molar-refractivity contribution in [2.24, 2.45) is 10.9 Å². The summed E-state index contributed by atoms with van der Waals surface area (Å²) in [6.07, 6.45) is 3.97. The van der Waals surface area contributed by atoms with Crippen LogP contribution in [0.5, 0.6) is 5.75 Å². The van der Waals surface area contributed by atoms with Crippen molar-refractivity contribution in [1.29, 1.82) is 0 Å². The molecule has 0 amide bonds. The van der Waals surface area contributed by atoms with Gasteiger partial charge in [0.1, 0.15) is 5.75 Å². The molecule has 1 aromatic rings. The SMILES string of the molecule is CCNC(=NCCCOCC1CCOCC1)NCCc1ccc(OC)cc1Cl. The number of rotatable bonds is 11. The van der Waals surface area contributed by atoms with E-state index in [2.05, 4.69) is 22.5 Å². The molecule has 0 aliphatic carbocycles. The fraction of sp³-hybridized carbons (Fsp3) is 0.667. The highest BCUT2D eigenvalue weighted by atomic mass is 35.5. The minimum atomic E-state index is 0.654. The van der Waals surface area contributed by atoms with Gasteiger partial charge in [0.25, 0.3) is 0 Å². The Bertz CT molecular complexity index is 592. The van der Waals surface area contributed by atoms with E-state index < -0.39 is 0 Å². The molecule has 7 heteroatoms. The second kappa shape index (κ2) is 13.6. The number of hydrogen-bond donors (Lipinski definition) is 2. The summed E-state index contributed by atoms with van der Waals surface area (Å²) in [6, 6.07) is 5.78. The van der Waals surface area contributed by atoms with Crippen molar-refractivity contribution in [3.8, 4) is 5.75 Å². The smallest absolute Gasteiger partial charge is 0.191 e. The predicted molar refractivity (Wildman–Crippen MR) is 115 cm³/mol. The van der Waals surface area contributed by atoms with Gasteiger partial charge in [-0.1, -0.05) is 17.7 Å². The van der Waals surface area contributed by atoms with E-state index in [-0.39, 0.29) is 0 Å². The molecule has 1 fully saturated rings. The van der Waals surface area contributed by atoms with Gasteiger partial charge < -0.3 is 24.8 Å². The number of benzene rings is 1. The van der Waals surface area contributed by atoms with Crippen LogP contribution in [-0.4, -0.2) is 59.1 Å². The van der Waals surface area contributed by atoms with Crippen LogP contribution in [0.15, 0.2) is 23.2 Å². The molecule has 1 aliphatic rings. The van der Waals surface area contributed by atoms with Gasteiger partial charge in [-0.2, -0.15) is 0 Å². The molecule has 2 rings (SSSR count). The lowest BCUT2D eigenvalue weighted by Gasteiger charge is -2.21. The van der Waals surface area contributed by atoms with E-state index in [9.17, 15) is 0 Å². The average Bonchev–Trinajstić information content (AvgIpc) is 2.72. The summed E-state index contributed by atoms with van der Waals surface area (Å²) in [4.78, 5) is 4.62. The molecule has 0 spiro atoms. The van der Waals surface area contributed by atoms with Crippen LogP contribution in [0, 0.1) is 5.92 Å². The monoisotopic (exact) mass is 411 g/mol. The summed E-state index contributed by atoms with van der Waals surface area (Å²) in [5.41, 5.74) is 1.09. The summed E-state index contributed by atoms with van der Waals surface area (Å²) in [5.74, 6) is 2.26. The maximum atomic E-state index is 6.30. The number of aliphatic imine (C=N–C) groups is 1. The summed E-state index contributed by atoms with van der Waals surface area (Å²) in [7, 11) is 1.64. The number of ether oxygens (including phenoxy) is 3. The number of nitrogens with zero attached hydrogens (tertiary/aromatic N) is 1. The topological polar surface area (TPSA) is 64.1 Å². The molecular formula is C21H34ClN3O3. The third kappa shape index (κ3) is 8.67. The first-order chi connectivity index (χ1) is 13.7. The molecule has 0 saturated carbocycles. The van der Waals surface area contributed by atoms with Crippen molar-refractivity contribution in [2.75, 3.05) is 53.2 Å². The van der Waals surface area contributed by atoms with Crippen molar-refractivity contribution in [2.45, 2.75) is 32.6 Å². The van der Waals surface area contributed by atoms with E-state index in [0.29, 0.717) is 5.92 Å². The van der Waals surface area contributed by atoms with Gasteiger partial charge >= 0.3 is 0 Å². The van der Waals surface area contributed by atoms with Crippen LogP contribution >= 0.6 is 11.6 Å². The first-order valence-corrected chi connectivity index (χ1v) is 10.6. The Morgan fingerprint density at radius 2 is 2.11 bits per heavy atom. The first-order valence-electron chi connectivity index (χ1n) is 10.2. The zero-order chi connectivity index (χ0) is 20.0. The van der Waals surface area contributed by atoms with Crippen LogP contribution in [0.3, 0.4) is 0 Å². The van der Waals surface area contributed by atoms with Gasteiger partial charge in [-0.15, -0.1) is 0 Å². The molecule has 158 valence electrons. The number of guanidine groups is 1. The van der Waals surface area contributed by atoms with Crippen molar-refractivity contribution in [3.05, 3.63) is 28.8 Å². The zero-order valence-corrected chi connectivity index (χ0v) is 17.9. The molecule has 0 aromatic heterocycles. The molecule has 0 radical (unpaired) electrons. The van der Waals surface area contributed by atoms with E-state index >= 15 is 0 Å². The van der Waals surface area contributed by atoms with Crippen LogP contribution in [-0.2, 0) is 15.9 Å². The van der Waals surface area contributed by atoms with Crippen molar-refractivity contribution in [1.82, 2.24) is 10.6 Å². The van der Waals surface area contributed by atoms with E-state index in [1.807, 2.05) is 18.2 Å². The molecule has 0 unspecified atom stereocenters. The normalized spacial score (nSPS) is 15.5. The van der Waals surface area contributed by atoms with Gasteiger partial charge in [0.05, 0.1) is 7.11 Å². The second-order valence-electron chi connectivity index (χ2n) is 6.88. The Hall–Kier alpha value is -1.50. The third-order valence-electron chi connectivity index (χ3n) is 4.70. The van der Waals surface area contributed by atoms with Gasteiger partial charge in [0.15, 0.2) is 5.96 Å². The molecule has 1 heterocycles. The molecule has 28 heavy (non-hydrogen) atoms. The van der Waals surface area contributed by atoms with Gasteiger partial charge in [-0.25, -0.2) is 0 Å². The Kier molecular flexibility index (Phi) is 11.1. The largest absolute Gasteiger partial charge is 0.497 e. The predicted octanol–water partition coefficient (Wildman–Crippen LogP) is 3.28. The fourth-order valence-electron chi connectivity index (χ4n) is 3.04. The summed E-state index contributed by atoms with van der Waals surface area (Å²) in [6.45, 7) is 7.74. The van der Waals surface area contributed by atoms with Gasteiger partial charge in [0, 0.05) is 51.1 Å². The molecule has 0 bridgehead atoms. The van der Waals surface area contributed by atoms with Crippen molar-refractivity contribution < 1.29 is 14.2 Å². The van der Waals surface area contributed by atoms with Crippen molar-refractivity contribution >= 4 is 17.6 Å². The van der Waals surface area contributed by atoms with E-state index in [4.69, 9.17) is 25.8 Å². The van der Waals surface area contributed by atoms with Crippen LogP contribution in [0.25, 0.3) is 0 Å². The lowest BCUT2D eigenvalue weighted by atomic mass is 10.0. The number of hydrogen-bond acceptors (Lipinski definition) is 4. The van der Waals surface area contributed by atoms with E-state index in [0.717, 1.165) is 94.0 Å². The minimum Gasteiger partial charge on any atom is -0.497 e. The highest BCUT2D eigenvalue weighted by molar-refractivity contribution is 6.31. The van der Waals surface area contributed by atoms with Gasteiger partial charge in [-0.3, -0.25) is 4.99 Å². The quantitative estimate of drug-likeness (QED) is 0.332. The summed E-state index contributed by atoms with van der Waals surface area (Å²) in [5, 5.41) is 7.36. The zero-order valence-electron chi connectivity index (χ0n) is 17.1. The Morgan fingerprint density at radius 3 is 2.82 bits per heavy atom. The number of methoxy groups -OCH3 is 1. The van der Waals surface area contributed by atoms with Crippen LogP contribution < -0.4 is 15.4 Å². The number of halogens is 1. The van der Waals surface area contributed by atoms with Crippen LogP contribution in [0.1, 0.15) is 31.7 Å². The van der Waals surface area contributed by atoms with E-state index in [1.54, 1.807) is 7.11 Å². The number of nitrogens with one attached hydrogen (secondary N) is 2. The molecular weight excluding hydrogens is 378 g/mol. The molecule has 2 N–H and O–H groups in total. The Balaban J connectivity index is 1.64. The van der Waals surface area contributed by atoms with Gasteiger partial charge in [-0.05, 0) is 56.2 Å². The maximum absolute atomic E-state index is 6.30. The third-order valence-corrected chi connectivity index (χ3v) is 5.05. The van der Waals surface area contributed by atoms with E-state index in [1.165, 1.54) is 0 Å². The fourth-order valence-corrected chi connectivity index (χ4v) is 3.30. The van der Waals surface area contributed by atoms with Crippen LogP contribution in [0.4, 0.5) is 0 Å². The Labute approximate surface area is 174 Å². The minimum absolute atomic E-state index is 0.654. The van der Waals surface area contributed by atoms with Crippen molar-refractivity contribution in [3.63, 3.8) is 0 Å². The van der Waals surface area contributed by atoms with Gasteiger partial charge in [0.2, 0.25) is 0 Å². The molecule has 1 aromatic carbocycles. The maximum Gasteiger partial charge on any atom is 0.191 e. The Morgan fingerprint density at radius 1 is 1.29 bits per heavy atom. The molecule has 6 nitrogen and oxygen atoms in total. The molecule has 1 saturated heterocycles. The summed E-state index contributed by atoms with van der Waals surface area (Å²) < 4.78 is 16.4. The average molecular weight is 412 g/mol. The first kappa shape index (κ1) is 22.8. The van der Waals surface area contributed by atoms with Crippen LogP contribution in [0.2, 0.25) is 5.02 Å². The second-order valence-corrected chi connectivity index (χ2v) is 7.29. The molecule has 0 atom stereocenters.